The van der Waals surface area contributed by atoms with Crippen molar-refractivity contribution in [3.8, 4) is 0 Å². The van der Waals surface area contributed by atoms with Gasteiger partial charge in [0.2, 0.25) is 0 Å². The molecule has 0 radical (unpaired) electrons. The van der Waals surface area contributed by atoms with E-state index in [0.717, 1.165) is 32.6 Å². The van der Waals surface area contributed by atoms with Crippen LogP contribution in [-0.2, 0) is 35.0 Å². The van der Waals surface area contributed by atoms with Crippen molar-refractivity contribution >= 4 is 5.78 Å². The second-order valence-electron chi connectivity index (χ2n) is 10.6. The molecule has 1 unspecified atom stereocenters. The molecular formula is C28H36N2O. The molecule has 2 heterocycles. The number of nitrogens with one attached hydrogen (secondary N) is 1. The summed E-state index contributed by atoms with van der Waals surface area (Å²) in [5.41, 5.74) is 6.05. The Balaban J connectivity index is 1.51. The standard InChI is InChI=1S/C28H36N2O/c1-27(2)19-29-28(20-30-15-7-8-16-30,25-12-6-5-11-24(25)27)26(31)18-21-13-14-22-9-3-4-10-23(22)17-21/h5-6,11-14,17,29H,3-4,7-10,15-16,18-20H2,1-2H3. The Kier molecular flexibility index (Phi) is 5.52. The van der Waals surface area contributed by atoms with Crippen molar-refractivity contribution in [3.63, 3.8) is 0 Å². The number of rotatable bonds is 5. The molecule has 1 saturated heterocycles. The average molecular weight is 417 g/mol. The van der Waals surface area contributed by atoms with Crippen LogP contribution in [0, 0.1) is 0 Å². The molecule has 3 heteroatoms. The van der Waals surface area contributed by atoms with E-state index in [9.17, 15) is 4.79 Å². The highest BCUT2D eigenvalue weighted by atomic mass is 16.1. The topological polar surface area (TPSA) is 32.3 Å². The third-order valence-corrected chi connectivity index (χ3v) is 7.86. The summed E-state index contributed by atoms with van der Waals surface area (Å²) in [6.07, 6.45) is 7.89. The Hall–Kier alpha value is -1.97. The lowest BCUT2D eigenvalue weighted by molar-refractivity contribution is -0.126. The number of hydrogen-bond donors (Lipinski definition) is 1. The van der Waals surface area contributed by atoms with Gasteiger partial charge in [0.05, 0.1) is 0 Å². The molecule has 1 N–H and O–H groups in total. The summed E-state index contributed by atoms with van der Waals surface area (Å²) >= 11 is 0. The number of ketones is 1. The summed E-state index contributed by atoms with van der Waals surface area (Å²) in [5.74, 6) is 0.318. The van der Waals surface area contributed by atoms with Crippen molar-refractivity contribution < 1.29 is 4.79 Å². The Morgan fingerprint density at radius 3 is 2.42 bits per heavy atom. The first-order valence-electron chi connectivity index (χ1n) is 12.2. The Bertz CT molecular complexity index is 973. The molecule has 1 fully saturated rings. The van der Waals surface area contributed by atoms with Crippen molar-refractivity contribution in [2.24, 2.45) is 0 Å². The number of carbonyl (C=O) groups excluding carboxylic acids is 1. The lowest BCUT2D eigenvalue weighted by Gasteiger charge is -2.47. The molecular weight excluding hydrogens is 380 g/mol. The first kappa shape index (κ1) is 20.9. The number of nitrogens with zero attached hydrogens (tertiary/aromatic N) is 1. The van der Waals surface area contributed by atoms with Crippen LogP contribution >= 0.6 is 0 Å². The van der Waals surface area contributed by atoms with E-state index in [0.29, 0.717) is 12.2 Å². The SMILES string of the molecule is CC1(C)CNC(CN2CCCC2)(C(=O)Cc2ccc3c(c2)CCCC3)c2ccccc21. The number of Topliss-reactive ketones (excluding diaryl/α,β-unsaturated/α-hetero) is 1. The van der Waals surface area contributed by atoms with Gasteiger partial charge in [0.1, 0.15) is 5.54 Å². The van der Waals surface area contributed by atoms with Gasteiger partial charge < -0.3 is 4.90 Å². The van der Waals surface area contributed by atoms with Gasteiger partial charge in [-0.05, 0) is 79.4 Å². The molecule has 2 aromatic rings. The minimum Gasteiger partial charge on any atom is -0.301 e. The monoisotopic (exact) mass is 416 g/mol. The van der Waals surface area contributed by atoms with Crippen LogP contribution in [0.1, 0.15) is 67.3 Å². The smallest absolute Gasteiger partial charge is 0.163 e. The third-order valence-electron chi connectivity index (χ3n) is 7.86. The van der Waals surface area contributed by atoms with E-state index in [-0.39, 0.29) is 5.41 Å². The van der Waals surface area contributed by atoms with Crippen LogP contribution in [0.15, 0.2) is 42.5 Å². The molecule has 1 aliphatic carbocycles. The minimum absolute atomic E-state index is 0.0250. The molecule has 3 aliphatic rings. The zero-order chi connectivity index (χ0) is 21.5. The predicted molar refractivity (Wildman–Crippen MR) is 127 cm³/mol. The fourth-order valence-electron chi connectivity index (χ4n) is 5.99. The van der Waals surface area contributed by atoms with E-state index >= 15 is 0 Å². The molecule has 1 atom stereocenters. The molecule has 2 aromatic carbocycles. The van der Waals surface area contributed by atoms with Gasteiger partial charge in [0.15, 0.2) is 5.78 Å². The second kappa shape index (κ2) is 8.18. The Labute approximate surface area is 187 Å². The molecule has 3 nitrogen and oxygen atoms in total. The normalized spacial score (nSPS) is 25.1. The number of carbonyl (C=O) groups is 1. The maximum absolute atomic E-state index is 14.1. The van der Waals surface area contributed by atoms with Gasteiger partial charge in [0, 0.05) is 24.9 Å². The lowest BCUT2D eigenvalue weighted by atomic mass is 9.69. The van der Waals surface area contributed by atoms with Crippen LogP contribution < -0.4 is 5.32 Å². The number of fused-ring (bicyclic) bond motifs is 2. The molecule has 0 bridgehead atoms. The number of aryl methyl sites for hydroxylation is 2. The van der Waals surface area contributed by atoms with Crippen LogP contribution in [0.2, 0.25) is 0 Å². The zero-order valence-corrected chi connectivity index (χ0v) is 19.2. The van der Waals surface area contributed by atoms with Crippen LogP contribution in [0.3, 0.4) is 0 Å². The maximum Gasteiger partial charge on any atom is 0.163 e. The van der Waals surface area contributed by atoms with Gasteiger partial charge in [-0.1, -0.05) is 56.3 Å². The summed E-state index contributed by atoms with van der Waals surface area (Å²) in [6, 6.07) is 15.5. The van der Waals surface area contributed by atoms with Crippen molar-refractivity contribution in [2.45, 2.75) is 69.7 Å². The van der Waals surface area contributed by atoms with Crippen LogP contribution in [-0.4, -0.2) is 36.9 Å². The highest BCUT2D eigenvalue weighted by molar-refractivity contribution is 5.92. The van der Waals surface area contributed by atoms with E-state index in [1.165, 1.54) is 59.9 Å². The van der Waals surface area contributed by atoms with Gasteiger partial charge in [-0.25, -0.2) is 0 Å². The quantitative estimate of drug-likeness (QED) is 0.776. The molecule has 164 valence electrons. The van der Waals surface area contributed by atoms with Gasteiger partial charge in [-0.2, -0.15) is 0 Å². The number of likely N-dealkylation sites (tertiary alicyclic amines) is 1. The highest BCUT2D eigenvalue weighted by Crippen LogP contribution is 2.40. The first-order chi connectivity index (χ1) is 15.0. The summed E-state index contributed by atoms with van der Waals surface area (Å²) in [7, 11) is 0. The van der Waals surface area contributed by atoms with Crippen LogP contribution in [0.4, 0.5) is 0 Å². The van der Waals surface area contributed by atoms with Crippen molar-refractivity contribution in [1.29, 1.82) is 0 Å². The van der Waals surface area contributed by atoms with E-state index in [1.807, 2.05) is 0 Å². The fraction of sp³-hybridized carbons (Fsp3) is 0.536. The Morgan fingerprint density at radius 1 is 0.935 bits per heavy atom. The fourth-order valence-corrected chi connectivity index (χ4v) is 5.99. The summed E-state index contributed by atoms with van der Waals surface area (Å²) in [6.45, 7) is 8.37. The predicted octanol–water partition coefficient (Wildman–Crippen LogP) is 4.55. The molecule has 0 aromatic heterocycles. The van der Waals surface area contributed by atoms with Crippen molar-refractivity contribution in [1.82, 2.24) is 10.2 Å². The molecule has 0 saturated carbocycles. The Morgan fingerprint density at radius 2 is 1.65 bits per heavy atom. The third kappa shape index (κ3) is 3.87. The number of hydrogen-bond acceptors (Lipinski definition) is 3. The van der Waals surface area contributed by atoms with E-state index in [2.05, 4.69) is 66.5 Å². The van der Waals surface area contributed by atoms with Gasteiger partial charge in [-0.3, -0.25) is 10.1 Å². The molecule has 5 rings (SSSR count). The lowest BCUT2D eigenvalue weighted by Crippen LogP contribution is -2.62. The van der Waals surface area contributed by atoms with E-state index in [1.54, 1.807) is 0 Å². The second-order valence-corrected chi connectivity index (χ2v) is 10.6. The average Bonchev–Trinajstić information content (AvgIpc) is 3.29. The maximum atomic E-state index is 14.1. The summed E-state index contributed by atoms with van der Waals surface area (Å²) in [5, 5.41) is 3.80. The zero-order valence-electron chi connectivity index (χ0n) is 19.2. The molecule has 0 amide bonds. The van der Waals surface area contributed by atoms with E-state index in [4.69, 9.17) is 0 Å². The minimum atomic E-state index is -0.619. The molecule has 2 aliphatic heterocycles. The molecule has 0 spiro atoms. The largest absolute Gasteiger partial charge is 0.301 e. The van der Waals surface area contributed by atoms with Crippen LogP contribution in [0.25, 0.3) is 0 Å². The number of benzene rings is 2. The van der Waals surface area contributed by atoms with Gasteiger partial charge in [-0.15, -0.1) is 0 Å². The van der Waals surface area contributed by atoms with E-state index < -0.39 is 5.54 Å². The summed E-state index contributed by atoms with van der Waals surface area (Å²) in [4.78, 5) is 16.6. The first-order valence-corrected chi connectivity index (χ1v) is 12.2. The summed E-state index contributed by atoms with van der Waals surface area (Å²) < 4.78 is 0. The van der Waals surface area contributed by atoms with Crippen molar-refractivity contribution in [3.05, 3.63) is 70.3 Å². The highest BCUT2D eigenvalue weighted by Gasteiger charge is 2.48. The van der Waals surface area contributed by atoms with Crippen molar-refractivity contribution in [2.75, 3.05) is 26.2 Å². The van der Waals surface area contributed by atoms with Crippen LogP contribution in [0.5, 0.6) is 0 Å². The molecule has 31 heavy (non-hydrogen) atoms. The van der Waals surface area contributed by atoms with Gasteiger partial charge in [0.25, 0.3) is 0 Å². The van der Waals surface area contributed by atoms with Gasteiger partial charge >= 0.3 is 0 Å².